The molecule has 0 aliphatic carbocycles. The first-order chi connectivity index (χ1) is 8.00. The van der Waals surface area contributed by atoms with Gasteiger partial charge in [0.1, 0.15) is 5.75 Å². The maximum absolute atomic E-state index is 10.2. The van der Waals surface area contributed by atoms with Gasteiger partial charge in [0.15, 0.2) is 0 Å². The van der Waals surface area contributed by atoms with Crippen molar-refractivity contribution in [1.82, 2.24) is 5.32 Å². The maximum atomic E-state index is 10.2. The summed E-state index contributed by atoms with van der Waals surface area (Å²) in [6.45, 7) is 15.6. The van der Waals surface area contributed by atoms with Crippen molar-refractivity contribution < 1.29 is 5.11 Å². The Balaban J connectivity index is 3.06. The molecule has 1 rings (SSSR count). The molecule has 0 aliphatic heterocycles. The average Bonchev–Trinajstić information content (AvgIpc) is 2.16. The molecule has 0 bridgehead atoms. The number of hydrogen-bond donors (Lipinski definition) is 2. The van der Waals surface area contributed by atoms with Crippen LogP contribution >= 0.6 is 0 Å². The third-order valence-corrected chi connectivity index (χ3v) is 2.99. The molecule has 2 N–H and O–H groups in total. The van der Waals surface area contributed by atoms with E-state index in [-0.39, 0.29) is 11.0 Å². The number of aryl methyl sites for hydroxylation is 1. The molecule has 0 fully saturated rings. The van der Waals surface area contributed by atoms with Crippen LogP contribution in [0.5, 0.6) is 5.75 Å². The first kappa shape index (κ1) is 15.0. The molecule has 1 aromatic rings. The van der Waals surface area contributed by atoms with Crippen molar-refractivity contribution in [2.24, 2.45) is 0 Å². The largest absolute Gasteiger partial charge is 0.507 e. The second-order valence-electron chi connectivity index (χ2n) is 7.16. The van der Waals surface area contributed by atoms with E-state index in [0.29, 0.717) is 5.75 Å². The lowest BCUT2D eigenvalue weighted by atomic mass is 9.84. The molecule has 102 valence electrons. The van der Waals surface area contributed by atoms with E-state index < -0.39 is 0 Å². The number of hydrogen-bond acceptors (Lipinski definition) is 2. The number of phenolic OH excluding ortho intramolecular Hbond substituents is 1. The highest BCUT2D eigenvalue weighted by molar-refractivity contribution is 5.46. The Hall–Kier alpha value is -1.02. The SMILES string of the molecule is Cc1cc(CNC(C)(C)C)cc(C(C)(C)C)c1O. The molecular formula is C16H27NO. The number of rotatable bonds is 2. The van der Waals surface area contributed by atoms with E-state index in [1.807, 2.05) is 6.92 Å². The molecule has 0 radical (unpaired) electrons. The van der Waals surface area contributed by atoms with Gasteiger partial charge in [0, 0.05) is 12.1 Å². The van der Waals surface area contributed by atoms with Crippen molar-refractivity contribution >= 4 is 0 Å². The van der Waals surface area contributed by atoms with Gasteiger partial charge in [-0.1, -0.05) is 32.9 Å². The van der Waals surface area contributed by atoms with E-state index in [4.69, 9.17) is 0 Å². The zero-order valence-electron chi connectivity index (χ0n) is 12.8. The van der Waals surface area contributed by atoms with Gasteiger partial charge in [0.25, 0.3) is 0 Å². The van der Waals surface area contributed by atoms with Gasteiger partial charge >= 0.3 is 0 Å². The number of nitrogens with one attached hydrogen (secondary N) is 1. The predicted octanol–water partition coefficient (Wildman–Crippen LogP) is 3.89. The molecule has 0 aromatic heterocycles. The van der Waals surface area contributed by atoms with Gasteiger partial charge in [-0.25, -0.2) is 0 Å². The molecule has 0 heterocycles. The lowest BCUT2D eigenvalue weighted by Crippen LogP contribution is -2.35. The molecule has 0 unspecified atom stereocenters. The highest BCUT2D eigenvalue weighted by Crippen LogP contribution is 2.34. The van der Waals surface area contributed by atoms with E-state index in [2.05, 4.69) is 59.0 Å². The van der Waals surface area contributed by atoms with Crippen LogP contribution in [0.15, 0.2) is 12.1 Å². The van der Waals surface area contributed by atoms with Gasteiger partial charge in [0.05, 0.1) is 0 Å². The van der Waals surface area contributed by atoms with E-state index in [0.717, 1.165) is 17.7 Å². The third-order valence-electron chi connectivity index (χ3n) is 2.99. The fourth-order valence-electron chi connectivity index (χ4n) is 1.90. The summed E-state index contributed by atoms with van der Waals surface area (Å²) in [6, 6.07) is 4.17. The van der Waals surface area contributed by atoms with Crippen LogP contribution in [-0.4, -0.2) is 10.6 Å². The Kier molecular flexibility index (Phi) is 4.12. The minimum atomic E-state index is -0.0351. The van der Waals surface area contributed by atoms with Crippen molar-refractivity contribution in [2.75, 3.05) is 0 Å². The smallest absolute Gasteiger partial charge is 0.122 e. The second kappa shape index (κ2) is 4.93. The quantitative estimate of drug-likeness (QED) is 0.833. The Morgan fingerprint density at radius 1 is 1.06 bits per heavy atom. The molecule has 0 aliphatic rings. The minimum absolute atomic E-state index is 0.0351. The maximum Gasteiger partial charge on any atom is 0.122 e. The van der Waals surface area contributed by atoms with E-state index in [1.165, 1.54) is 5.56 Å². The van der Waals surface area contributed by atoms with Crippen molar-refractivity contribution in [3.63, 3.8) is 0 Å². The lowest BCUT2D eigenvalue weighted by Gasteiger charge is -2.24. The van der Waals surface area contributed by atoms with Crippen LogP contribution in [-0.2, 0) is 12.0 Å². The number of phenols is 1. The third kappa shape index (κ3) is 4.02. The summed E-state index contributed by atoms with van der Waals surface area (Å²) in [7, 11) is 0. The van der Waals surface area contributed by atoms with Crippen LogP contribution in [0.3, 0.4) is 0 Å². The lowest BCUT2D eigenvalue weighted by molar-refractivity contribution is 0.421. The standard InChI is InChI=1S/C16H27NO/c1-11-8-12(10-17-16(5,6)7)9-13(14(11)18)15(2,3)4/h8-9,17-18H,10H2,1-7H3. The monoisotopic (exact) mass is 249 g/mol. The van der Waals surface area contributed by atoms with Crippen LogP contribution in [0.4, 0.5) is 0 Å². The van der Waals surface area contributed by atoms with E-state index in [9.17, 15) is 5.11 Å². The molecule has 2 nitrogen and oxygen atoms in total. The fraction of sp³-hybridized carbons (Fsp3) is 0.625. The first-order valence-electron chi connectivity index (χ1n) is 6.59. The summed E-state index contributed by atoms with van der Waals surface area (Å²) in [5, 5.41) is 13.6. The molecule has 0 spiro atoms. The Labute approximate surface area is 111 Å². The van der Waals surface area contributed by atoms with Crippen molar-refractivity contribution in [3.05, 3.63) is 28.8 Å². The zero-order chi connectivity index (χ0) is 14.1. The van der Waals surface area contributed by atoms with E-state index in [1.54, 1.807) is 0 Å². The summed E-state index contributed by atoms with van der Waals surface area (Å²) < 4.78 is 0. The van der Waals surface area contributed by atoms with Crippen LogP contribution in [0.2, 0.25) is 0 Å². The Morgan fingerprint density at radius 2 is 1.61 bits per heavy atom. The Bertz CT molecular complexity index is 422. The van der Waals surface area contributed by atoms with Gasteiger partial charge < -0.3 is 10.4 Å². The molecule has 18 heavy (non-hydrogen) atoms. The van der Waals surface area contributed by atoms with Gasteiger partial charge in [-0.3, -0.25) is 0 Å². The van der Waals surface area contributed by atoms with Gasteiger partial charge in [0.2, 0.25) is 0 Å². The summed E-state index contributed by atoms with van der Waals surface area (Å²) in [5.41, 5.74) is 3.27. The van der Waals surface area contributed by atoms with Crippen molar-refractivity contribution in [3.8, 4) is 5.75 Å². The van der Waals surface area contributed by atoms with Crippen LogP contribution in [0.25, 0.3) is 0 Å². The van der Waals surface area contributed by atoms with Crippen molar-refractivity contribution in [2.45, 2.75) is 66.0 Å². The zero-order valence-corrected chi connectivity index (χ0v) is 12.8. The van der Waals surface area contributed by atoms with Gasteiger partial charge in [-0.15, -0.1) is 0 Å². The summed E-state index contributed by atoms with van der Waals surface area (Å²) in [6.07, 6.45) is 0. The second-order valence-corrected chi connectivity index (χ2v) is 7.16. The molecule has 2 heteroatoms. The highest BCUT2D eigenvalue weighted by atomic mass is 16.3. The fourth-order valence-corrected chi connectivity index (χ4v) is 1.90. The molecule has 0 amide bonds. The van der Waals surface area contributed by atoms with Crippen LogP contribution < -0.4 is 5.32 Å². The highest BCUT2D eigenvalue weighted by Gasteiger charge is 2.20. The number of benzene rings is 1. The van der Waals surface area contributed by atoms with Crippen LogP contribution in [0.1, 0.15) is 58.2 Å². The molecule has 0 saturated heterocycles. The van der Waals surface area contributed by atoms with Gasteiger partial charge in [-0.2, -0.15) is 0 Å². The molecule has 1 aromatic carbocycles. The van der Waals surface area contributed by atoms with Crippen LogP contribution in [0, 0.1) is 6.92 Å². The molecule has 0 saturated carbocycles. The molecular weight excluding hydrogens is 222 g/mol. The first-order valence-corrected chi connectivity index (χ1v) is 6.59. The van der Waals surface area contributed by atoms with E-state index >= 15 is 0 Å². The van der Waals surface area contributed by atoms with Crippen molar-refractivity contribution in [1.29, 1.82) is 0 Å². The summed E-state index contributed by atoms with van der Waals surface area (Å²) in [5.74, 6) is 0.432. The number of aromatic hydroxyl groups is 1. The predicted molar refractivity (Wildman–Crippen MR) is 78.1 cm³/mol. The summed E-state index contributed by atoms with van der Waals surface area (Å²) in [4.78, 5) is 0. The normalized spacial score (nSPS) is 12.8. The minimum Gasteiger partial charge on any atom is -0.507 e. The molecule has 0 atom stereocenters. The average molecular weight is 249 g/mol. The summed E-state index contributed by atoms with van der Waals surface area (Å²) >= 11 is 0. The Morgan fingerprint density at radius 3 is 2.06 bits per heavy atom. The topological polar surface area (TPSA) is 32.3 Å². The van der Waals surface area contributed by atoms with Gasteiger partial charge in [-0.05, 0) is 49.8 Å².